The summed E-state index contributed by atoms with van der Waals surface area (Å²) in [7, 11) is 0. The Hall–Kier alpha value is -1.88. The van der Waals surface area contributed by atoms with E-state index in [1.54, 1.807) is 19.1 Å². The van der Waals surface area contributed by atoms with Crippen molar-refractivity contribution in [1.29, 1.82) is 0 Å². The van der Waals surface area contributed by atoms with E-state index in [4.69, 9.17) is 11.6 Å². The van der Waals surface area contributed by atoms with E-state index in [0.29, 0.717) is 12.2 Å². The summed E-state index contributed by atoms with van der Waals surface area (Å²) in [6.45, 7) is 4.07. The number of nitrogens with zero attached hydrogens (tertiary/aromatic N) is 2. The monoisotopic (exact) mass is 281 g/mol. The Morgan fingerprint density at radius 1 is 1.47 bits per heavy atom. The first-order chi connectivity index (χ1) is 9.04. The molecule has 0 saturated heterocycles. The van der Waals surface area contributed by atoms with Crippen molar-refractivity contribution in [2.24, 2.45) is 0 Å². The predicted octanol–water partition coefficient (Wildman–Crippen LogP) is 3.26. The van der Waals surface area contributed by atoms with E-state index in [9.17, 15) is 9.18 Å². The average Bonchev–Trinajstić information content (AvgIpc) is 2.68. The number of anilines is 1. The number of halogens is 2. The molecule has 6 heteroatoms. The molecular formula is C13H13ClFN3O. The molecule has 0 bridgehead atoms. The molecule has 0 aliphatic rings. The molecule has 2 rings (SSSR count). The first-order valence-corrected chi connectivity index (χ1v) is 6.21. The lowest BCUT2D eigenvalue weighted by atomic mass is 10.3. The van der Waals surface area contributed by atoms with Gasteiger partial charge in [0, 0.05) is 6.54 Å². The van der Waals surface area contributed by atoms with E-state index >= 15 is 0 Å². The number of para-hydroxylation sites is 1. The van der Waals surface area contributed by atoms with Gasteiger partial charge in [0.2, 0.25) is 0 Å². The summed E-state index contributed by atoms with van der Waals surface area (Å²) in [4.78, 5) is 12.2. The van der Waals surface area contributed by atoms with E-state index < -0.39 is 11.7 Å². The highest BCUT2D eigenvalue weighted by Crippen LogP contribution is 2.22. The maximum absolute atomic E-state index is 13.5. The number of hydrogen-bond donors (Lipinski definition) is 1. The minimum absolute atomic E-state index is 0.116. The number of carbonyl (C=O) groups is 1. The van der Waals surface area contributed by atoms with E-state index in [-0.39, 0.29) is 16.4 Å². The second kappa shape index (κ2) is 5.40. The average molecular weight is 282 g/mol. The lowest BCUT2D eigenvalue weighted by molar-refractivity contribution is 0.101. The van der Waals surface area contributed by atoms with Gasteiger partial charge in [0.05, 0.1) is 16.4 Å². The van der Waals surface area contributed by atoms with Crippen LogP contribution in [0.4, 0.5) is 10.1 Å². The van der Waals surface area contributed by atoms with Gasteiger partial charge in [-0.15, -0.1) is 0 Å². The van der Waals surface area contributed by atoms with Crippen molar-refractivity contribution in [2.45, 2.75) is 20.4 Å². The number of carbonyl (C=O) groups excluding carboxylic acids is 1. The summed E-state index contributed by atoms with van der Waals surface area (Å²) in [5, 5.41) is 6.93. The smallest absolute Gasteiger partial charge is 0.275 e. The van der Waals surface area contributed by atoms with E-state index in [0.717, 1.165) is 0 Å². The fraction of sp³-hybridized carbons (Fsp3) is 0.231. The van der Waals surface area contributed by atoms with Crippen LogP contribution in [-0.4, -0.2) is 15.7 Å². The van der Waals surface area contributed by atoms with Crippen LogP contribution in [0, 0.1) is 12.7 Å². The van der Waals surface area contributed by atoms with Gasteiger partial charge in [-0.2, -0.15) is 5.10 Å². The van der Waals surface area contributed by atoms with Gasteiger partial charge in [0.15, 0.2) is 0 Å². The summed E-state index contributed by atoms with van der Waals surface area (Å²) < 4.78 is 15.0. The Morgan fingerprint density at radius 3 is 2.79 bits per heavy atom. The van der Waals surface area contributed by atoms with Gasteiger partial charge >= 0.3 is 0 Å². The van der Waals surface area contributed by atoms with Crippen molar-refractivity contribution in [3.63, 3.8) is 0 Å². The fourth-order valence-electron chi connectivity index (χ4n) is 1.75. The standard InChI is InChI=1S/C13H13ClFN3O/c1-3-18-12(11(14)8(2)17-18)13(19)16-10-7-5-4-6-9(10)15/h4-7H,3H2,1-2H3,(H,16,19). The molecule has 0 radical (unpaired) electrons. The van der Waals surface area contributed by atoms with E-state index in [1.807, 2.05) is 6.92 Å². The molecule has 0 spiro atoms. The highest BCUT2D eigenvalue weighted by atomic mass is 35.5. The van der Waals surface area contributed by atoms with Crippen LogP contribution in [0.15, 0.2) is 24.3 Å². The van der Waals surface area contributed by atoms with Crippen LogP contribution in [0.1, 0.15) is 23.1 Å². The van der Waals surface area contributed by atoms with Crippen LogP contribution in [0.25, 0.3) is 0 Å². The number of aromatic nitrogens is 2. The molecule has 0 saturated carbocycles. The molecule has 1 amide bonds. The molecular weight excluding hydrogens is 269 g/mol. The van der Waals surface area contributed by atoms with Crippen molar-refractivity contribution in [3.8, 4) is 0 Å². The van der Waals surface area contributed by atoms with Crippen molar-refractivity contribution in [1.82, 2.24) is 9.78 Å². The van der Waals surface area contributed by atoms with E-state index in [1.165, 1.54) is 16.8 Å². The SMILES string of the molecule is CCn1nc(C)c(Cl)c1C(=O)Nc1ccccc1F. The Labute approximate surface area is 115 Å². The van der Waals surface area contributed by atoms with Crippen LogP contribution in [0.2, 0.25) is 5.02 Å². The van der Waals surface area contributed by atoms with Gasteiger partial charge in [-0.3, -0.25) is 9.48 Å². The highest BCUT2D eigenvalue weighted by Gasteiger charge is 2.20. The van der Waals surface area contributed by atoms with Gasteiger partial charge in [0.1, 0.15) is 11.5 Å². The third kappa shape index (κ3) is 2.61. The molecule has 0 fully saturated rings. The van der Waals surface area contributed by atoms with Crippen molar-refractivity contribution < 1.29 is 9.18 Å². The van der Waals surface area contributed by atoms with Crippen LogP contribution >= 0.6 is 11.6 Å². The van der Waals surface area contributed by atoms with Gasteiger partial charge in [0.25, 0.3) is 5.91 Å². The molecule has 0 aliphatic carbocycles. The Morgan fingerprint density at radius 2 is 2.16 bits per heavy atom. The van der Waals surface area contributed by atoms with Crippen molar-refractivity contribution >= 4 is 23.2 Å². The molecule has 100 valence electrons. The van der Waals surface area contributed by atoms with Crippen LogP contribution in [0.5, 0.6) is 0 Å². The largest absolute Gasteiger partial charge is 0.318 e. The summed E-state index contributed by atoms with van der Waals surface area (Å²) in [6.07, 6.45) is 0. The number of hydrogen-bond acceptors (Lipinski definition) is 2. The zero-order valence-electron chi connectivity index (χ0n) is 10.6. The lowest BCUT2D eigenvalue weighted by Crippen LogP contribution is -2.18. The molecule has 2 aromatic rings. The highest BCUT2D eigenvalue weighted by molar-refractivity contribution is 6.34. The minimum Gasteiger partial charge on any atom is -0.318 e. The van der Waals surface area contributed by atoms with Gasteiger partial charge in [-0.25, -0.2) is 4.39 Å². The minimum atomic E-state index is -0.494. The summed E-state index contributed by atoms with van der Waals surface area (Å²) in [5.74, 6) is -0.969. The first-order valence-electron chi connectivity index (χ1n) is 5.83. The molecule has 19 heavy (non-hydrogen) atoms. The molecule has 0 atom stereocenters. The summed E-state index contributed by atoms with van der Waals surface area (Å²) >= 11 is 6.06. The zero-order valence-corrected chi connectivity index (χ0v) is 11.3. The van der Waals surface area contributed by atoms with Gasteiger partial charge < -0.3 is 5.32 Å². The molecule has 0 unspecified atom stereocenters. The van der Waals surface area contributed by atoms with Crippen LogP contribution in [-0.2, 0) is 6.54 Å². The second-order valence-electron chi connectivity index (χ2n) is 4.00. The summed E-state index contributed by atoms with van der Waals surface area (Å²) in [6, 6.07) is 5.96. The maximum atomic E-state index is 13.5. The fourth-order valence-corrected chi connectivity index (χ4v) is 1.97. The first kappa shape index (κ1) is 13.5. The number of benzene rings is 1. The zero-order chi connectivity index (χ0) is 14.0. The Bertz CT molecular complexity index is 624. The van der Waals surface area contributed by atoms with Gasteiger partial charge in [-0.05, 0) is 26.0 Å². The van der Waals surface area contributed by atoms with E-state index in [2.05, 4.69) is 10.4 Å². The molecule has 0 aliphatic heterocycles. The molecule has 4 nitrogen and oxygen atoms in total. The topological polar surface area (TPSA) is 46.9 Å². The quantitative estimate of drug-likeness (QED) is 0.939. The van der Waals surface area contributed by atoms with Crippen LogP contribution in [0.3, 0.4) is 0 Å². The Kier molecular flexibility index (Phi) is 3.85. The number of amides is 1. The van der Waals surface area contributed by atoms with Crippen molar-refractivity contribution in [2.75, 3.05) is 5.32 Å². The Balaban J connectivity index is 2.33. The number of rotatable bonds is 3. The molecule has 1 N–H and O–H groups in total. The second-order valence-corrected chi connectivity index (χ2v) is 4.38. The molecule has 1 aromatic heterocycles. The lowest BCUT2D eigenvalue weighted by Gasteiger charge is -2.07. The predicted molar refractivity (Wildman–Crippen MR) is 72.0 cm³/mol. The summed E-state index contributed by atoms with van der Waals surface area (Å²) in [5.41, 5.74) is 0.928. The van der Waals surface area contributed by atoms with Crippen LogP contribution < -0.4 is 5.32 Å². The van der Waals surface area contributed by atoms with Gasteiger partial charge in [-0.1, -0.05) is 23.7 Å². The third-order valence-corrected chi connectivity index (χ3v) is 3.14. The normalized spacial score (nSPS) is 10.5. The van der Waals surface area contributed by atoms with Crippen molar-refractivity contribution in [3.05, 3.63) is 46.5 Å². The third-order valence-electron chi connectivity index (χ3n) is 2.69. The molecule has 1 aromatic carbocycles. The molecule has 1 heterocycles. The number of nitrogens with one attached hydrogen (secondary N) is 1. The number of aryl methyl sites for hydroxylation is 2. The maximum Gasteiger partial charge on any atom is 0.275 e.